The third kappa shape index (κ3) is 4.26. The van der Waals surface area contributed by atoms with E-state index in [4.69, 9.17) is 5.11 Å². The summed E-state index contributed by atoms with van der Waals surface area (Å²) in [6.07, 6.45) is 1.23. The van der Waals surface area contributed by atoms with Crippen LogP contribution in [0.15, 0.2) is 42.1 Å². The third-order valence-corrected chi connectivity index (χ3v) is 4.05. The lowest BCUT2D eigenvalue weighted by Gasteiger charge is -2.14. The van der Waals surface area contributed by atoms with Crippen molar-refractivity contribution in [1.82, 2.24) is 14.9 Å². The van der Waals surface area contributed by atoms with E-state index in [0.717, 1.165) is 22.1 Å². The van der Waals surface area contributed by atoms with E-state index in [2.05, 4.69) is 20.6 Å². The number of carbonyl (C=O) groups is 2. The highest BCUT2D eigenvalue weighted by Crippen LogP contribution is 2.21. The Hall–Kier alpha value is -3.46. The molecule has 0 unspecified atom stereocenters. The summed E-state index contributed by atoms with van der Waals surface area (Å²) in [6, 6.07) is 9.08. The maximum absolute atomic E-state index is 12.2. The molecule has 1 aliphatic heterocycles. The lowest BCUT2D eigenvalue weighted by Crippen LogP contribution is -2.34. The number of imide groups is 1. The minimum atomic E-state index is -0.453. The first-order chi connectivity index (χ1) is 13.4. The molecule has 2 amide bonds. The number of rotatable bonds is 7. The van der Waals surface area contributed by atoms with Gasteiger partial charge in [0.25, 0.3) is 11.8 Å². The van der Waals surface area contributed by atoms with Crippen LogP contribution in [0.25, 0.3) is 0 Å². The van der Waals surface area contributed by atoms with Crippen molar-refractivity contribution in [2.24, 2.45) is 0 Å². The van der Waals surface area contributed by atoms with Crippen LogP contribution >= 0.6 is 0 Å². The molecule has 1 aromatic carbocycles. The van der Waals surface area contributed by atoms with E-state index in [1.165, 1.54) is 6.08 Å². The van der Waals surface area contributed by atoms with Gasteiger partial charge in [-0.25, -0.2) is 4.98 Å². The Bertz CT molecular complexity index is 924. The summed E-state index contributed by atoms with van der Waals surface area (Å²) in [5.41, 5.74) is 2.47. The van der Waals surface area contributed by atoms with Gasteiger partial charge in [-0.2, -0.15) is 4.98 Å². The van der Waals surface area contributed by atoms with Gasteiger partial charge in [0.15, 0.2) is 0 Å². The van der Waals surface area contributed by atoms with Crippen LogP contribution in [0.3, 0.4) is 0 Å². The molecule has 0 saturated heterocycles. The Morgan fingerprint density at radius 3 is 2.32 bits per heavy atom. The van der Waals surface area contributed by atoms with Crippen LogP contribution in [-0.2, 0) is 9.59 Å². The van der Waals surface area contributed by atoms with Crippen LogP contribution in [0, 0.1) is 6.92 Å². The monoisotopic (exact) mass is 382 g/mol. The van der Waals surface area contributed by atoms with E-state index in [0.29, 0.717) is 11.6 Å². The van der Waals surface area contributed by atoms with Crippen LogP contribution < -0.4 is 15.5 Å². The molecule has 0 radical (unpaired) electrons. The fourth-order valence-corrected chi connectivity index (χ4v) is 2.67. The molecule has 1 aromatic heterocycles. The normalized spacial score (nSPS) is 13.6. The summed E-state index contributed by atoms with van der Waals surface area (Å²) < 4.78 is 0. The maximum Gasteiger partial charge on any atom is 0.277 e. The van der Waals surface area contributed by atoms with Gasteiger partial charge in [-0.1, -0.05) is 0 Å². The Balaban J connectivity index is 1.69. The average Bonchev–Trinajstić information content (AvgIpc) is 2.90. The van der Waals surface area contributed by atoms with Crippen molar-refractivity contribution in [2.75, 3.05) is 42.8 Å². The average molecular weight is 382 g/mol. The SMILES string of the molecule is Cc1cc(N(C)C)nc(Nc2ccc(NC3=CC(=O)N(CCO)C3=O)cc2)n1. The molecule has 1 aliphatic rings. The van der Waals surface area contributed by atoms with E-state index in [9.17, 15) is 9.59 Å². The zero-order valence-electron chi connectivity index (χ0n) is 15.9. The second-order valence-electron chi connectivity index (χ2n) is 6.49. The first-order valence-corrected chi connectivity index (χ1v) is 8.73. The van der Waals surface area contributed by atoms with Crippen molar-refractivity contribution in [1.29, 1.82) is 0 Å². The van der Waals surface area contributed by atoms with E-state index < -0.39 is 11.8 Å². The fraction of sp³-hybridized carbons (Fsp3) is 0.263. The van der Waals surface area contributed by atoms with Gasteiger partial charge in [-0.05, 0) is 31.2 Å². The Kier molecular flexibility index (Phi) is 5.55. The molecule has 146 valence electrons. The maximum atomic E-state index is 12.2. The molecule has 0 saturated carbocycles. The summed E-state index contributed by atoms with van der Waals surface area (Å²) in [4.78, 5) is 35.7. The molecule has 28 heavy (non-hydrogen) atoms. The fourth-order valence-electron chi connectivity index (χ4n) is 2.67. The number of β-amino-alcohol motifs (C(OH)–C–C–N with tert-alkyl or cyclic N) is 1. The van der Waals surface area contributed by atoms with Crippen molar-refractivity contribution in [3.63, 3.8) is 0 Å². The number of aryl methyl sites for hydroxylation is 1. The van der Waals surface area contributed by atoms with E-state index in [-0.39, 0.29) is 18.8 Å². The van der Waals surface area contributed by atoms with Gasteiger partial charge in [0, 0.05) is 43.3 Å². The molecular formula is C19H22N6O3. The second kappa shape index (κ2) is 8.05. The van der Waals surface area contributed by atoms with Gasteiger partial charge in [-0.3, -0.25) is 14.5 Å². The largest absolute Gasteiger partial charge is 0.395 e. The predicted octanol–water partition coefficient (Wildman–Crippen LogP) is 1.25. The summed E-state index contributed by atoms with van der Waals surface area (Å²) in [7, 11) is 3.83. The molecule has 2 aromatic rings. The van der Waals surface area contributed by atoms with Crippen molar-refractivity contribution in [3.8, 4) is 0 Å². The molecule has 9 nitrogen and oxygen atoms in total. The molecular weight excluding hydrogens is 360 g/mol. The van der Waals surface area contributed by atoms with Gasteiger partial charge in [0.1, 0.15) is 11.5 Å². The van der Waals surface area contributed by atoms with Crippen LogP contribution in [0.4, 0.5) is 23.1 Å². The summed E-state index contributed by atoms with van der Waals surface area (Å²) >= 11 is 0. The number of hydrogen-bond acceptors (Lipinski definition) is 8. The zero-order valence-corrected chi connectivity index (χ0v) is 15.9. The number of aliphatic hydroxyl groups is 1. The first-order valence-electron chi connectivity index (χ1n) is 8.73. The molecule has 0 aliphatic carbocycles. The highest BCUT2D eigenvalue weighted by molar-refractivity contribution is 6.17. The zero-order chi connectivity index (χ0) is 20.3. The van der Waals surface area contributed by atoms with E-state index in [1.54, 1.807) is 12.1 Å². The molecule has 9 heteroatoms. The van der Waals surface area contributed by atoms with Gasteiger partial charge in [-0.15, -0.1) is 0 Å². The predicted molar refractivity (Wildman–Crippen MR) is 106 cm³/mol. The molecule has 0 atom stereocenters. The lowest BCUT2D eigenvalue weighted by molar-refractivity contribution is -0.137. The van der Waals surface area contributed by atoms with Crippen molar-refractivity contribution < 1.29 is 14.7 Å². The molecule has 3 N–H and O–H groups in total. The highest BCUT2D eigenvalue weighted by Gasteiger charge is 2.30. The minimum Gasteiger partial charge on any atom is -0.395 e. The number of anilines is 4. The summed E-state index contributed by atoms with van der Waals surface area (Å²) in [5.74, 6) is 0.402. The topological polar surface area (TPSA) is 111 Å². The van der Waals surface area contributed by atoms with Crippen molar-refractivity contribution in [3.05, 3.63) is 47.8 Å². The number of aromatic nitrogens is 2. The first kappa shape index (κ1) is 19.3. The van der Waals surface area contributed by atoms with Crippen LogP contribution in [-0.4, -0.2) is 59.0 Å². The number of hydrogen-bond donors (Lipinski definition) is 3. The summed E-state index contributed by atoms with van der Waals surface area (Å²) in [6.45, 7) is 1.61. The number of benzene rings is 1. The highest BCUT2D eigenvalue weighted by atomic mass is 16.3. The van der Waals surface area contributed by atoms with Crippen molar-refractivity contribution in [2.45, 2.75) is 6.92 Å². The van der Waals surface area contributed by atoms with Gasteiger partial charge >= 0.3 is 0 Å². The quantitative estimate of drug-likeness (QED) is 0.614. The number of nitrogens with zero attached hydrogens (tertiary/aromatic N) is 4. The standard InChI is InChI=1S/C19H22N6O3/c1-12-10-16(24(2)3)23-19(20-12)22-14-6-4-13(5-7-14)21-15-11-17(27)25(8-9-26)18(15)28/h4-7,10-11,21,26H,8-9H2,1-3H3,(H,20,22,23). The molecule has 0 spiro atoms. The Morgan fingerprint density at radius 2 is 1.71 bits per heavy atom. The molecule has 0 bridgehead atoms. The van der Waals surface area contributed by atoms with Crippen LogP contribution in [0.1, 0.15) is 5.69 Å². The summed E-state index contributed by atoms with van der Waals surface area (Å²) in [5, 5.41) is 15.0. The number of carbonyl (C=O) groups excluding carboxylic acids is 2. The van der Waals surface area contributed by atoms with E-state index in [1.807, 2.05) is 44.1 Å². The van der Waals surface area contributed by atoms with Gasteiger partial charge in [0.2, 0.25) is 5.95 Å². The minimum absolute atomic E-state index is 0.0202. The Morgan fingerprint density at radius 1 is 1.07 bits per heavy atom. The number of amides is 2. The second-order valence-corrected chi connectivity index (χ2v) is 6.49. The number of aliphatic hydroxyl groups excluding tert-OH is 1. The van der Waals surface area contributed by atoms with Crippen LogP contribution in [0.5, 0.6) is 0 Å². The van der Waals surface area contributed by atoms with Gasteiger partial charge < -0.3 is 20.6 Å². The lowest BCUT2D eigenvalue weighted by atomic mass is 10.2. The number of nitrogens with one attached hydrogen (secondary N) is 2. The smallest absolute Gasteiger partial charge is 0.277 e. The van der Waals surface area contributed by atoms with Crippen LogP contribution in [0.2, 0.25) is 0 Å². The molecule has 0 fully saturated rings. The molecule has 2 heterocycles. The van der Waals surface area contributed by atoms with Crippen molar-refractivity contribution >= 4 is 35.0 Å². The third-order valence-electron chi connectivity index (χ3n) is 4.05. The van der Waals surface area contributed by atoms with Gasteiger partial charge in [0.05, 0.1) is 13.2 Å². The molecule has 3 rings (SSSR count). The van der Waals surface area contributed by atoms with E-state index >= 15 is 0 Å². The Labute approximate surface area is 162 Å².